The van der Waals surface area contributed by atoms with Crippen molar-refractivity contribution < 1.29 is 18.0 Å². The highest BCUT2D eigenvalue weighted by atomic mass is 32.2. The zero-order valence-corrected chi connectivity index (χ0v) is 15.8. The molecular weight excluding hydrogens is 354 g/mol. The Morgan fingerprint density at radius 2 is 1.58 bits per heavy atom. The Morgan fingerprint density at radius 3 is 2.23 bits per heavy atom. The first-order valence-electron chi connectivity index (χ1n) is 9.32. The summed E-state index contributed by atoms with van der Waals surface area (Å²) in [6.07, 6.45) is 5.31. The lowest BCUT2D eigenvalue weighted by Gasteiger charge is -2.25. The van der Waals surface area contributed by atoms with Crippen molar-refractivity contribution in [3.8, 4) is 0 Å². The molecule has 2 aliphatic rings. The molecular formula is C18H27N3O4S. The van der Waals surface area contributed by atoms with E-state index in [1.165, 1.54) is 41.4 Å². The molecule has 0 radical (unpaired) electrons. The van der Waals surface area contributed by atoms with Gasteiger partial charge in [-0.25, -0.2) is 13.9 Å². The summed E-state index contributed by atoms with van der Waals surface area (Å²) in [6.45, 7) is 4.54. The van der Waals surface area contributed by atoms with Crippen molar-refractivity contribution in [1.29, 1.82) is 0 Å². The third-order valence-corrected chi connectivity index (χ3v) is 6.86. The SMILES string of the molecule is O=C(NOCCN1CCCC1)c1ccc(S(=O)(=O)N2CCCCC2)cc1. The minimum Gasteiger partial charge on any atom is -0.301 e. The maximum atomic E-state index is 12.6. The molecule has 0 aromatic heterocycles. The van der Waals surface area contributed by atoms with Crippen molar-refractivity contribution in [3.63, 3.8) is 0 Å². The monoisotopic (exact) mass is 381 g/mol. The van der Waals surface area contributed by atoms with E-state index in [9.17, 15) is 13.2 Å². The molecule has 0 unspecified atom stereocenters. The predicted octanol–water partition coefficient (Wildman–Crippen LogP) is 1.62. The van der Waals surface area contributed by atoms with E-state index < -0.39 is 10.0 Å². The van der Waals surface area contributed by atoms with E-state index in [0.29, 0.717) is 25.3 Å². The molecule has 26 heavy (non-hydrogen) atoms. The second-order valence-corrected chi connectivity index (χ2v) is 8.76. The summed E-state index contributed by atoms with van der Waals surface area (Å²) in [7, 11) is -3.47. The Morgan fingerprint density at radius 1 is 0.962 bits per heavy atom. The first-order valence-corrected chi connectivity index (χ1v) is 10.8. The molecule has 0 atom stereocenters. The zero-order valence-electron chi connectivity index (χ0n) is 15.0. The lowest BCUT2D eigenvalue weighted by molar-refractivity contribution is 0.0244. The molecule has 2 fully saturated rings. The minimum absolute atomic E-state index is 0.228. The number of hydrogen-bond acceptors (Lipinski definition) is 5. The lowest BCUT2D eigenvalue weighted by atomic mass is 10.2. The van der Waals surface area contributed by atoms with Crippen LogP contribution in [0, 0.1) is 0 Å². The van der Waals surface area contributed by atoms with Gasteiger partial charge in [0.15, 0.2) is 0 Å². The van der Waals surface area contributed by atoms with E-state index in [0.717, 1.165) is 38.9 Å². The first kappa shape index (κ1) is 19.3. The molecule has 2 saturated heterocycles. The Bertz CT molecular complexity index is 694. The molecule has 1 aromatic carbocycles. The van der Waals surface area contributed by atoms with Gasteiger partial charge in [0.1, 0.15) is 0 Å². The van der Waals surface area contributed by atoms with Crippen LogP contribution in [0.25, 0.3) is 0 Å². The highest BCUT2D eigenvalue weighted by molar-refractivity contribution is 7.89. The van der Waals surface area contributed by atoms with Crippen molar-refractivity contribution in [2.24, 2.45) is 0 Å². The maximum Gasteiger partial charge on any atom is 0.274 e. The van der Waals surface area contributed by atoms with E-state index in [2.05, 4.69) is 10.4 Å². The van der Waals surface area contributed by atoms with Gasteiger partial charge >= 0.3 is 0 Å². The van der Waals surface area contributed by atoms with Gasteiger partial charge in [0.05, 0.1) is 11.5 Å². The van der Waals surface area contributed by atoms with Crippen LogP contribution in [0.5, 0.6) is 0 Å². The molecule has 2 heterocycles. The topological polar surface area (TPSA) is 79.0 Å². The molecule has 144 valence electrons. The van der Waals surface area contributed by atoms with Crippen molar-refractivity contribution in [2.45, 2.75) is 37.0 Å². The van der Waals surface area contributed by atoms with Gasteiger partial charge in [-0.2, -0.15) is 4.31 Å². The molecule has 8 heteroatoms. The Labute approximate surface area is 155 Å². The van der Waals surface area contributed by atoms with Gasteiger partial charge in [-0.1, -0.05) is 6.42 Å². The molecule has 1 amide bonds. The number of carbonyl (C=O) groups excluding carboxylic acids is 1. The number of nitrogens with zero attached hydrogens (tertiary/aromatic N) is 2. The van der Waals surface area contributed by atoms with Crippen molar-refractivity contribution in [1.82, 2.24) is 14.7 Å². The number of carbonyl (C=O) groups is 1. The predicted molar refractivity (Wildman–Crippen MR) is 98.1 cm³/mol. The number of rotatable bonds is 7. The molecule has 0 bridgehead atoms. The molecule has 1 N–H and O–H groups in total. The highest BCUT2D eigenvalue weighted by Gasteiger charge is 2.25. The number of hydrogen-bond donors (Lipinski definition) is 1. The van der Waals surface area contributed by atoms with Crippen LogP contribution < -0.4 is 5.48 Å². The quantitative estimate of drug-likeness (QED) is 0.574. The molecule has 7 nitrogen and oxygen atoms in total. The molecule has 0 aliphatic carbocycles. The Hall–Kier alpha value is -1.48. The largest absolute Gasteiger partial charge is 0.301 e. The van der Waals surface area contributed by atoms with Crippen LogP contribution >= 0.6 is 0 Å². The van der Waals surface area contributed by atoms with Gasteiger partial charge in [-0.3, -0.25) is 9.63 Å². The van der Waals surface area contributed by atoms with Crippen LogP contribution in [0.1, 0.15) is 42.5 Å². The standard InChI is InChI=1S/C18H27N3O4S/c22-18(19-25-15-14-20-10-4-5-11-20)16-6-8-17(9-7-16)26(23,24)21-12-2-1-3-13-21/h6-9H,1-5,10-15H2,(H,19,22). The molecule has 0 saturated carbocycles. The average molecular weight is 381 g/mol. The summed E-state index contributed by atoms with van der Waals surface area (Å²) >= 11 is 0. The third-order valence-electron chi connectivity index (χ3n) is 4.94. The van der Waals surface area contributed by atoms with E-state index in [-0.39, 0.29) is 10.8 Å². The molecule has 2 aliphatic heterocycles. The van der Waals surface area contributed by atoms with E-state index in [1.807, 2.05) is 0 Å². The van der Waals surface area contributed by atoms with Gasteiger partial charge in [-0.15, -0.1) is 0 Å². The first-order chi connectivity index (χ1) is 12.6. The zero-order chi connectivity index (χ0) is 18.4. The van der Waals surface area contributed by atoms with Crippen LogP contribution in [-0.2, 0) is 14.9 Å². The number of hydroxylamine groups is 1. The van der Waals surface area contributed by atoms with Gasteiger partial charge in [0.25, 0.3) is 5.91 Å². The molecule has 1 aromatic rings. The Kier molecular flexibility index (Phi) is 6.63. The van der Waals surface area contributed by atoms with Gasteiger partial charge in [-0.05, 0) is 63.0 Å². The third kappa shape index (κ3) is 4.82. The van der Waals surface area contributed by atoms with E-state index in [4.69, 9.17) is 4.84 Å². The van der Waals surface area contributed by atoms with Crippen molar-refractivity contribution >= 4 is 15.9 Å². The summed E-state index contributed by atoms with van der Waals surface area (Å²) in [4.78, 5) is 19.9. The van der Waals surface area contributed by atoms with Gasteiger partial charge < -0.3 is 4.90 Å². The van der Waals surface area contributed by atoms with Crippen molar-refractivity contribution in [2.75, 3.05) is 39.3 Å². The minimum atomic E-state index is -3.47. The number of benzene rings is 1. The molecule has 0 spiro atoms. The van der Waals surface area contributed by atoms with Crippen LogP contribution in [0.15, 0.2) is 29.2 Å². The normalized spacial score (nSPS) is 19.5. The number of nitrogens with one attached hydrogen (secondary N) is 1. The van der Waals surface area contributed by atoms with E-state index in [1.54, 1.807) is 0 Å². The van der Waals surface area contributed by atoms with Gasteiger partial charge in [0, 0.05) is 25.2 Å². The smallest absolute Gasteiger partial charge is 0.274 e. The second kappa shape index (κ2) is 8.94. The van der Waals surface area contributed by atoms with Crippen molar-refractivity contribution in [3.05, 3.63) is 29.8 Å². The fourth-order valence-electron chi connectivity index (χ4n) is 3.39. The summed E-state index contributed by atoms with van der Waals surface area (Å²) in [5.74, 6) is -0.367. The van der Waals surface area contributed by atoms with E-state index >= 15 is 0 Å². The average Bonchev–Trinajstić information content (AvgIpc) is 3.19. The number of amides is 1. The lowest BCUT2D eigenvalue weighted by Crippen LogP contribution is -2.35. The molecule has 3 rings (SSSR count). The Balaban J connectivity index is 1.50. The maximum absolute atomic E-state index is 12.6. The summed E-state index contributed by atoms with van der Waals surface area (Å²) in [5, 5.41) is 0. The van der Waals surface area contributed by atoms with Gasteiger partial charge in [0.2, 0.25) is 10.0 Å². The summed E-state index contributed by atoms with van der Waals surface area (Å²) < 4.78 is 26.7. The summed E-state index contributed by atoms with van der Waals surface area (Å²) in [5.41, 5.74) is 2.80. The fraction of sp³-hybridized carbons (Fsp3) is 0.611. The van der Waals surface area contributed by atoms with Crippen LogP contribution in [0.2, 0.25) is 0 Å². The van der Waals surface area contributed by atoms with Crippen LogP contribution in [0.4, 0.5) is 0 Å². The van der Waals surface area contributed by atoms with Crippen LogP contribution in [-0.4, -0.2) is 62.9 Å². The fourth-order valence-corrected chi connectivity index (χ4v) is 4.91. The number of likely N-dealkylation sites (tertiary alicyclic amines) is 1. The summed E-state index contributed by atoms with van der Waals surface area (Å²) in [6, 6.07) is 6.03. The number of piperidine rings is 1. The second-order valence-electron chi connectivity index (χ2n) is 6.82. The number of sulfonamides is 1. The highest BCUT2D eigenvalue weighted by Crippen LogP contribution is 2.20. The van der Waals surface area contributed by atoms with Crippen LogP contribution in [0.3, 0.4) is 0 Å².